The van der Waals surface area contributed by atoms with Gasteiger partial charge in [-0.05, 0) is 43.8 Å². The molecule has 0 aromatic heterocycles. The van der Waals surface area contributed by atoms with Crippen molar-refractivity contribution in [1.82, 2.24) is 0 Å². The SMILES string of the molecule is CC1=C(/C=C(/C#N)C(C)C)C(=N)CCC1. The molecule has 0 atom stereocenters. The number of nitrogens with one attached hydrogen (secondary N) is 1. The van der Waals surface area contributed by atoms with Crippen LogP contribution >= 0.6 is 0 Å². The van der Waals surface area contributed by atoms with E-state index >= 15 is 0 Å². The van der Waals surface area contributed by atoms with Crippen molar-refractivity contribution in [2.45, 2.75) is 40.0 Å². The highest BCUT2D eigenvalue weighted by atomic mass is 14.4. The highest BCUT2D eigenvalue weighted by Gasteiger charge is 2.14. The van der Waals surface area contributed by atoms with Crippen LogP contribution in [0.2, 0.25) is 0 Å². The van der Waals surface area contributed by atoms with Crippen LogP contribution in [-0.4, -0.2) is 5.71 Å². The van der Waals surface area contributed by atoms with E-state index in [0.29, 0.717) is 5.71 Å². The first kappa shape index (κ1) is 11.7. The predicted molar refractivity (Wildman–Crippen MR) is 62.8 cm³/mol. The zero-order valence-corrected chi connectivity index (χ0v) is 9.72. The number of nitriles is 1. The van der Waals surface area contributed by atoms with Gasteiger partial charge >= 0.3 is 0 Å². The van der Waals surface area contributed by atoms with Crippen LogP contribution in [-0.2, 0) is 0 Å². The Morgan fingerprint density at radius 1 is 1.47 bits per heavy atom. The van der Waals surface area contributed by atoms with Crippen LogP contribution in [0.15, 0.2) is 22.8 Å². The van der Waals surface area contributed by atoms with Crippen molar-refractivity contribution in [3.8, 4) is 6.07 Å². The lowest BCUT2D eigenvalue weighted by molar-refractivity contribution is 0.789. The van der Waals surface area contributed by atoms with Crippen molar-refractivity contribution >= 4 is 5.71 Å². The summed E-state index contributed by atoms with van der Waals surface area (Å²) in [6, 6.07) is 2.22. The molecule has 0 aromatic carbocycles. The van der Waals surface area contributed by atoms with Crippen molar-refractivity contribution in [3.05, 3.63) is 22.8 Å². The van der Waals surface area contributed by atoms with Gasteiger partial charge in [-0.1, -0.05) is 19.4 Å². The quantitative estimate of drug-likeness (QED) is 0.683. The monoisotopic (exact) mass is 202 g/mol. The van der Waals surface area contributed by atoms with Crippen LogP contribution in [0, 0.1) is 22.7 Å². The first-order valence-electron chi connectivity index (χ1n) is 5.45. The summed E-state index contributed by atoms with van der Waals surface area (Å²) in [5, 5.41) is 16.9. The summed E-state index contributed by atoms with van der Waals surface area (Å²) in [5.74, 6) is 0.241. The zero-order chi connectivity index (χ0) is 11.4. The molecule has 0 unspecified atom stereocenters. The topological polar surface area (TPSA) is 47.6 Å². The first-order chi connectivity index (χ1) is 7.06. The Balaban J connectivity index is 3.07. The number of rotatable bonds is 2. The fourth-order valence-electron chi connectivity index (χ4n) is 1.75. The largest absolute Gasteiger partial charge is 0.305 e. The van der Waals surface area contributed by atoms with Crippen molar-refractivity contribution in [2.75, 3.05) is 0 Å². The molecule has 0 aliphatic heterocycles. The van der Waals surface area contributed by atoms with Crippen LogP contribution in [0.3, 0.4) is 0 Å². The Hall–Kier alpha value is -1.36. The minimum atomic E-state index is 0.241. The van der Waals surface area contributed by atoms with Gasteiger partial charge in [-0.2, -0.15) is 5.26 Å². The summed E-state index contributed by atoms with van der Waals surface area (Å²) in [5.41, 5.74) is 3.70. The van der Waals surface area contributed by atoms with E-state index in [1.807, 2.05) is 19.9 Å². The number of hydrogen-bond acceptors (Lipinski definition) is 2. The number of hydrogen-bond donors (Lipinski definition) is 1. The third-order valence-electron chi connectivity index (χ3n) is 2.81. The van der Waals surface area contributed by atoms with E-state index < -0.39 is 0 Å². The lowest BCUT2D eigenvalue weighted by Gasteiger charge is -2.17. The van der Waals surface area contributed by atoms with Gasteiger partial charge in [0.25, 0.3) is 0 Å². The summed E-state index contributed by atoms with van der Waals surface area (Å²) in [6.07, 6.45) is 4.89. The molecule has 1 aliphatic carbocycles. The molecule has 0 saturated heterocycles. The lowest BCUT2D eigenvalue weighted by atomic mass is 9.88. The second kappa shape index (κ2) is 4.93. The third kappa shape index (κ3) is 2.79. The van der Waals surface area contributed by atoms with Crippen LogP contribution in [0.4, 0.5) is 0 Å². The Kier molecular flexibility index (Phi) is 3.85. The van der Waals surface area contributed by atoms with E-state index in [9.17, 15) is 0 Å². The molecule has 0 fully saturated rings. The maximum Gasteiger partial charge on any atom is 0.0950 e. The van der Waals surface area contributed by atoms with E-state index in [1.54, 1.807) is 0 Å². The second-order valence-electron chi connectivity index (χ2n) is 4.39. The smallest absolute Gasteiger partial charge is 0.0950 e. The van der Waals surface area contributed by atoms with E-state index in [0.717, 1.165) is 30.4 Å². The Morgan fingerprint density at radius 2 is 2.13 bits per heavy atom. The molecule has 1 rings (SSSR count). The Bertz CT molecular complexity index is 364. The summed E-state index contributed by atoms with van der Waals surface area (Å²) in [7, 11) is 0. The maximum atomic E-state index is 8.99. The van der Waals surface area contributed by atoms with Crippen LogP contribution < -0.4 is 0 Å². The van der Waals surface area contributed by atoms with E-state index in [2.05, 4.69) is 13.0 Å². The fraction of sp³-hybridized carbons (Fsp3) is 0.538. The molecule has 0 radical (unpaired) electrons. The summed E-state index contributed by atoms with van der Waals surface area (Å²) in [4.78, 5) is 0. The molecule has 1 N–H and O–H groups in total. The van der Waals surface area contributed by atoms with Gasteiger partial charge in [-0.25, -0.2) is 0 Å². The number of allylic oxidation sites excluding steroid dienone is 4. The molecule has 0 bridgehead atoms. The van der Waals surface area contributed by atoms with Crippen LogP contribution in [0.25, 0.3) is 0 Å². The Morgan fingerprint density at radius 3 is 2.60 bits per heavy atom. The Labute approximate surface area is 91.8 Å². The molecule has 2 nitrogen and oxygen atoms in total. The van der Waals surface area contributed by atoms with Gasteiger partial charge in [0.15, 0.2) is 0 Å². The van der Waals surface area contributed by atoms with Crippen molar-refractivity contribution in [2.24, 2.45) is 5.92 Å². The van der Waals surface area contributed by atoms with Crippen molar-refractivity contribution in [3.63, 3.8) is 0 Å². The first-order valence-corrected chi connectivity index (χ1v) is 5.45. The average Bonchev–Trinajstić information content (AvgIpc) is 2.17. The van der Waals surface area contributed by atoms with Crippen molar-refractivity contribution < 1.29 is 0 Å². The molecule has 0 saturated carbocycles. The van der Waals surface area contributed by atoms with Gasteiger partial charge in [-0.3, -0.25) is 0 Å². The molecule has 0 heterocycles. The standard InChI is InChI=1S/C13H18N2/c1-9(2)11(8-14)7-12-10(3)5-4-6-13(12)15/h7,9,15H,4-6H2,1-3H3/b11-7-,15-13?. The highest BCUT2D eigenvalue weighted by molar-refractivity contribution is 6.01. The molecule has 0 amide bonds. The number of nitrogens with zero attached hydrogens (tertiary/aromatic N) is 1. The minimum absolute atomic E-state index is 0.241. The summed E-state index contributed by atoms with van der Waals surface area (Å²) in [6.45, 7) is 6.09. The predicted octanol–water partition coefficient (Wildman–Crippen LogP) is 3.61. The molecule has 2 heteroatoms. The van der Waals surface area contributed by atoms with Crippen LogP contribution in [0.1, 0.15) is 40.0 Å². The van der Waals surface area contributed by atoms with E-state index in [4.69, 9.17) is 10.7 Å². The molecular weight excluding hydrogens is 184 g/mol. The van der Waals surface area contributed by atoms with Gasteiger partial charge in [0.2, 0.25) is 0 Å². The molecule has 0 spiro atoms. The van der Waals surface area contributed by atoms with E-state index in [-0.39, 0.29) is 5.92 Å². The lowest BCUT2D eigenvalue weighted by Crippen LogP contribution is -2.09. The fourth-order valence-corrected chi connectivity index (χ4v) is 1.75. The molecule has 80 valence electrons. The average molecular weight is 202 g/mol. The molecular formula is C13H18N2. The molecule has 15 heavy (non-hydrogen) atoms. The maximum absolute atomic E-state index is 8.99. The van der Waals surface area contributed by atoms with Crippen molar-refractivity contribution in [1.29, 1.82) is 10.7 Å². The molecule has 1 aliphatic rings. The zero-order valence-electron chi connectivity index (χ0n) is 9.72. The second-order valence-corrected chi connectivity index (χ2v) is 4.39. The van der Waals surface area contributed by atoms with Gasteiger partial charge in [0, 0.05) is 11.3 Å². The van der Waals surface area contributed by atoms with Gasteiger partial charge in [0.05, 0.1) is 6.07 Å². The van der Waals surface area contributed by atoms with Gasteiger partial charge < -0.3 is 5.41 Å². The van der Waals surface area contributed by atoms with E-state index in [1.165, 1.54) is 5.57 Å². The highest BCUT2D eigenvalue weighted by Crippen LogP contribution is 2.24. The minimum Gasteiger partial charge on any atom is -0.305 e. The summed E-state index contributed by atoms with van der Waals surface area (Å²) >= 11 is 0. The normalized spacial score (nSPS) is 18.3. The van der Waals surface area contributed by atoms with Gasteiger partial charge in [-0.15, -0.1) is 0 Å². The summed E-state index contributed by atoms with van der Waals surface area (Å²) < 4.78 is 0. The van der Waals surface area contributed by atoms with Gasteiger partial charge in [0.1, 0.15) is 0 Å². The molecule has 0 aromatic rings. The van der Waals surface area contributed by atoms with Crippen LogP contribution in [0.5, 0.6) is 0 Å². The third-order valence-corrected chi connectivity index (χ3v) is 2.81.